The zero-order valence-electron chi connectivity index (χ0n) is 47.9. The molecule has 0 fully saturated rings. The van der Waals surface area contributed by atoms with Crippen LogP contribution in [0.25, 0.3) is 0 Å². The van der Waals surface area contributed by atoms with E-state index >= 15 is 0 Å². The third kappa shape index (κ3) is 55.7. The maximum Gasteiger partial charge on any atom is 0.268 e. The molecule has 420 valence electrons. The molecule has 0 radical (unpaired) electrons. The standard InChI is InChI=1S/C63H117N2O6P/c1-6-8-10-12-14-16-18-20-21-22-23-24-25-26-27-28-29-30-31-32-33-34-35-36-37-38-39-40-41-42-43-45-47-49-51-53-55-57-63(67)64-61(60-71-72(68,69)70-59-58-65(3,4)5)62(66)56-54-52-50-48-46-44-19-17-15-13-11-9-7-2/h8,10,14,16,20-21,23-24,26-27,29-30,61-62,66H,6-7,9,11-13,15,17-19,22,25,28,31-60H2,1-5H3,(H-,64,67,68,69)/b10-8-,16-14-,21-20-,24-23-,27-26-,30-29-. The second-order valence-corrected chi connectivity index (χ2v) is 23.1. The number of phosphoric acid groups is 1. The van der Waals surface area contributed by atoms with Crippen LogP contribution in [0.4, 0.5) is 0 Å². The Kier molecular flexibility index (Phi) is 52.2. The maximum absolute atomic E-state index is 13.0. The van der Waals surface area contributed by atoms with E-state index in [1.807, 2.05) is 21.1 Å². The first kappa shape index (κ1) is 69.9. The van der Waals surface area contributed by atoms with E-state index in [-0.39, 0.29) is 19.1 Å². The molecule has 2 N–H and O–H groups in total. The summed E-state index contributed by atoms with van der Waals surface area (Å²) in [7, 11) is 1.31. The van der Waals surface area contributed by atoms with Gasteiger partial charge in [0.1, 0.15) is 13.2 Å². The van der Waals surface area contributed by atoms with E-state index in [0.717, 1.165) is 77.0 Å². The first-order valence-corrected chi connectivity index (χ1v) is 31.7. The van der Waals surface area contributed by atoms with Gasteiger partial charge in [-0.2, -0.15) is 0 Å². The molecule has 0 spiro atoms. The van der Waals surface area contributed by atoms with Crippen molar-refractivity contribution in [2.24, 2.45) is 0 Å². The van der Waals surface area contributed by atoms with E-state index in [2.05, 4.69) is 92.1 Å². The van der Waals surface area contributed by atoms with Crippen molar-refractivity contribution in [2.75, 3.05) is 40.9 Å². The van der Waals surface area contributed by atoms with Crippen LogP contribution in [-0.4, -0.2) is 68.5 Å². The van der Waals surface area contributed by atoms with Gasteiger partial charge in [0.25, 0.3) is 7.82 Å². The SMILES string of the molecule is CC/C=C\C/C=C\C/C=C\C/C=C\C/C=C\C/C=C\CCCCCCCCCCCCCCCCCCCCC(=O)NC(COP(=O)([O-])OCC[N+](C)(C)C)C(O)CCCCCCCCCCCCCCC. The van der Waals surface area contributed by atoms with Gasteiger partial charge in [0.05, 0.1) is 39.9 Å². The van der Waals surface area contributed by atoms with E-state index in [4.69, 9.17) is 9.05 Å². The molecule has 1 amide bonds. The number of aliphatic hydroxyl groups excluding tert-OH is 1. The van der Waals surface area contributed by atoms with Gasteiger partial charge in [-0.1, -0.05) is 273 Å². The summed E-state index contributed by atoms with van der Waals surface area (Å²) in [5, 5.41) is 14.0. The molecule has 9 heteroatoms. The summed E-state index contributed by atoms with van der Waals surface area (Å²) in [6, 6.07) is -0.801. The molecule has 0 rings (SSSR count). The predicted molar refractivity (Wildman–Crippen MR) is 311 cm³/mol. The summed E-state index contributed by atoms with van der Waals surface area (Å²) in [6.45, 7) is 4.62. The summed E-state index contributed by atoms with van der Waals surface area (Å²) in [5.74, 6) is -0.164. The van der Waals surface area contributed by atoms with Crippen LogP contribution in [0.2, 0.25) is 0 Å². The first-order valence-electron chi connectivity index (χ1n) is 30.3. The van der Waals surface area contributed by atoms with Crippen molar-refractivity contribution in [3.63, 3.8) is 0 Å². The minimum absolute atomic E-state index is 0.0118. The Labute approximate surface area is 446 Å². The zero-order chi connectivity index (χ0) is 52.7. The lowest BCUT2D eigenvalue weighted by molar-refractivity contribution is -0.870. The van der Waals surface area contributed by atoms with Gasteiger partial charge in [-0.15, -0.1) is 0 Å². The van der Waals surface area contributed by atoms with Gasteiger partial charge in [-0.25, -0.2) is 0 Å². The smallest absolute Gasteiger partial charge is 0.268 e. The molecule has 0 aromatic rings. The Morgan fingerprint density at radius 1 is 0.500 bits per heavy atom. The maximum atomic E-state index is 13.0. The third-order valence-corrected chi connectivity index (χ3v) is 14.4. The van der Waals surface area contributed by atoms with Crippen molar-refractivity contribution in [2.45, 2.75) is 283 Å². The molecule has 0 heterocycles. The molecule has 0 aliphatic rings. The molecule has 0 saturated carbocycles. The van der Waals surface area contributed by atoms with Crippen LogP contribution in [0.1, 0.15) is 271 Å². The molecular formula is C63H117N2O6P. The average Bonchev–Trinajstić information content (AvgIpc) is 3.34. The predicted octanol–water partition coefficient (Wildman–Crippen LogP) is 18.0. The van der Waals surface area contributed by atoms with Crippen LogP contribution in [0.3, 0.4) is 0 Å². The summed E-state index contributed by atoms with van der Waals surface area (Å²) < 4.78 is 23.4. The largest absolute Gasteiger partial charge is 0.756 e. The number of aliphatic hydroxyl groups is 1. The van der Waals surface area contributed by atoms with E-state index < -0.39 is 20.0 Å². The number of unbranched alkanes of at least 4 members (excludes halogenated alkanes) is 30. The summed E-state index contributed by atoms with van der Waals surface area (Å²) in [6.07, 6.45) is 73.8. The minimum Gasteiger partial charge on any atom is -0.756 e. The Morgan fingerprint density at radius 2 is 0.847 bits per heavy atom. The Balaban J connectivity index is 3.95. The first-order chi connectivity index (χ1) is 35.0. The quantitative estimate of drug-likeness (QED) is 0.0272. The van der Waals surface area contributed by atoms with E-state index in [0.29, 0.717) is 23.9 Å². The fourth-order valence-electron chi connectivity index (χ4n) is 8.75. The highest BCUT2D eigenvalue weighted by atomic mass is 31.2. The van der Waals surface area contributed by atoms with Crippen molar-refractivity contribution in [3.05, 3.63) is 72.9 Å². The molecule has 0 aromatic heterocycles. The molecule has 0 aliphatic carbocycles. The van der Waals surface area contributed by atoms with Gasteiger partial charge in [0.15, 0.2) is 0 Å². The van der Waals surface area contributed by atoms with Crippen LogP contribution >= 0.6 is 7.82 Å². The molecule has 72 heavy (non-hydrogen) atoms. The number of rotatable bonds is 55. The highest BCUT2D eigenvalue weighted by Crippen LogP contribution is 2.38. The minimum atomic E-state index is -4.57. The lowest BCUT2D eigenvalue weighted by Gasteiger charge is -2.30. The van der Waals surface area contributed by atoms with Gasteiger partial charge in [-0.05, 0) is 64.2 Å². The van der Waals surface area contributed by atoms with Gasteiger partial charge >= 0.3 is 0 Å². The number of allylic oxidation sites excluding steroid dienone is 12. The highest BCUT2D eigenvalue weighted by molar-refractivity contribution is 7.45. The molecule has 0 aliphatic heterocycles. The monoisotopic (exact) mass is 1030 g/mol. The fourth-order valence-corrected chi connectivity index (χ4v) is 9.47. The van der Waals surface area contributed by atoms with Gasteiger partial charge in [0, 0.05) is 6.42 Å². The zero-order valence-corrected chi connectivity index (χ0v) is 48.8. The number of likely N-dealkylation sites (N-methyl/N-ethyl adjacent to an activating group) is 1. The van der Waals surface area contributed by atoms with E-state index in [9.17, 15) is 19.4 Å². The van der Waals surface area contributed by atoms with Crippen molar-refractivity contribution in [3.8, 4) is 0 Å². The fraction of sp³-hybridized carbons (Fsp3) is 0.794. The van der Waals surface area contributed by atoms with Gasteiger partial charge in [0.2, 0.25) is 5.91 Å². The lowest BCUT2D eigenvalue weighted by Crippen LogP contribution is -2.46. The number of hydrogen-bond acceptors (Lipinski definition) is 6. The van der Waals surface area contributed by atoms with E-state index in [1.165, 1.54) is 167 Å². The van der Waals surface area contributed by atoms with Crippen molar-refractivity contribution in [1.82, 2.24) is 5.32 Å². The average molecular weight is 1030 g/mol. The highest BCUT2D eigenvalue weighted by Gasteiger charge is 2.24. The number of nitrogens with zero attached hydrogens (tertiary/aromatic N) is 1. The lowest BCUT2D eigenvalue weighted by atomic mass is 10.0. The number of quaternary nitrogens is 1. The van der Waals surface area contributed by atoms with Gasteiger partial charge < -0.3 is 28.8 Å². The number of phosphoric ester groups is 1. The molecule has 0 aromatic carbocycles. The number of carbonyl (C=O) groups excluding carboxylic acids is 1. The Bertz CT molecular complexity index is 1400. The van der Waals surface area contributed by atoms with E-state index in [1.54, 1.807) is 0 Å². The van der Waals surface area contributed by atoms with Crippen LogP contribution in [-0.2, 0) is 18.4 Å². The van der Waals surface area contributed by atoms with Crippen LogP contribution in [0.5, 0.6) is 0 Å². The summed E-state index contributed by atoms with van der Waals surface area (Å²) in [4.78, 5) is 25.5. The van der Waals surface area contributed by atoms with Crippen LogP contribution in [0.15, 0.2) is 72.9 Å². The third-order valence-electron chi connectivity index (χ3n) is 13.5. The Hall–Kier alpha value is -2.06. The molecule has 3 unspecified atom stereocenters. The molecule has 8 nitrogen and oxygen atoms in total. The summed E-state index contributed by atoms with van der Waals surface area (Å²) in [5.41, 5.74) is 0. The molecule has 0 bridgehead atoms. The topological polar surface area (TPSA) is 108 Å². The Morgan fingerprint density at radius 3 is 1.24 bits per heavy atom. The summed E-state index contributed by atoms with van der Waals surface area (Å²) >= 11 is 0. The molecule has 0 saturated heterocycles. The number of amides is 1. The van der Waals surface area contributed by atoms with Crippen LogP contribution in [0, 0.1) is 0 Å². The van der Waals surface area contributed by atoms with Crippen LogP contribution < -0.4 is 10.2 Å². The second-order valence-electron chi connectivity index (χ2n) is 21.7. The van der Waals surface area contributed by atoms with Crippen molar-refractivity contribution >= 4 is 13.7 Å². The number of nitrogens with one attached hydrogen (secondary N) is 1. The normalized spacial score (nSPS) is 14.4. The van der Waals surface area contributed by atoms with Crippen molar-refractivity contribution < 1.29 is 32.9 Å². The molecule has 3 atom stereocenters. The second kappa shape index (κ2) is 53.8. The van der Waals surface area contributed by atoms with Gasteiger partial charge in [-0.3, -0.25) is 9.36 Å². The number of carbonyl (C=O) groups is 1. The molecular weight excluding hydrogens is 912 g/mol. The van der Waals surface area contributed by atoms with Crippen molar-refractivity contribution in [1.29, 1.82) is 0 Å². The number of hydrogen-bond donors (Lipinski definition) is 2.